The van der Waals surface area contributed by atoms with Gasteiger partial charge < -0.3 is 4.74 Å². The molecule has 0 saturated heterocycles. The number of hydrogen-bond donors (Lipinski definition) is 1. The van der Waals surface area contributed by atoms with E-state index < -0.39 is 16.0 Å². The Morgan fingerprint density at radius 2 is 1.95 bits per heavy atom. The Morgan fingerprint density at radius 3 is 2.50 bits per heavy atom. The average Bonchev–Trinajstić information content (AvgIpc) is 3.08. The van der Waals surface area contributed by atoms with Gasteiger partial charge in [0, 0.05) is 6.04 Å². The van der Waals surface area contributed by atoms with Crippen LogP contribution in [0.5, 0.6) is 0 Å². The predicted molar refractivity (Wildman–Crippen MR) is 82.8 cm³/mol. The lowest BCUT2D eigenvalue weighted by molar-refractivity contribution is 0.0600. The molecular formula is C16H21NO4S. The highest BCUT2D eigenvalue weighted by atomic mass is 32.2. The number of sulfonamides is 1. The molecule has 1 N–H and O–H groups in total. The molecule has 3 rings (SSSR count). The molecule has 0 radical (unpaired) electrons. The van der Waals surface area contributed by atoms with Crippen LogP contribution >= 0.6 is 0 Å². The Balaban J connectivity index is 1.63. The van der Waals surface area contributed by atoms with Crippen molar-refractivity contribution in [1.29, 1.82) is 0 Å². The maximum absolute atomic E-state index is 12.3. The van der Waals surface area contributed by atoms with Crippen molar-refractivity contribution in [2.24, 2.45) is 11.8 Å². The molecule has 5 nitrogen and oxygen atoms in total. The number of ether oxygens (including phenoxy) is 1. The molecule has 1 aromatic carbocycles. The number of rotatable bonds is 5. The van der Waals surface area contributed by atoms with E-state index in [0.29, 0.717) is 23.0 Å². The van der Waals surface area contributed by atoms with Gasteiger partial charge in [-0.05, 0) is 48.8 Å². The van der Waals surface area contributed by atoms with Crippen molar-refractivity contribution < 1.29 is 17.9 Å². The summed E-state index contributed by atoms with van der Waals surface area (Å²) >= 11 is 0. The Hall–Kier alpha value is -1.40. The lowest BCUT2D eigenvalue weighted by Gasteiger charge is -2.22. The smallest absolute Gasteiger partial charge is 0.337 e. The second kappa shape index (κ2) is 6.01. The molecular weight excluding hydrogens is 302 g/mol. The third-order valence-corrected chi connectivity index (χ3v) is 6.18. The predicted octanol–water partition coefficient (Wildman–Crippen LogP) is 2.08. The van der Waals surface area contributed by atoms with E-state index in [1.165, 1.54) is 20.0 Å². The molecule has 0 amide bonds. The molecule has 2 aliphatic carbocycles. The van der Waals surface area contributed by atoms with Gasteiger partial charge in [-0.2, -0.15) is 0 Å². The van der Waals surface area contributed by atoms with Crippen molar-refractivity contribution >= 4 is 16.0 Å². The van der Waals surface area contributed by atoms with Crippen LogP contribution < -0.4 is 4.72 Å². The van der Waals surface area contributed by atoms with Gasteiger partial charge in [0.15, 0.2) is 0 Å². The van der Waals surface area contributed by atoms with E-state index in [1.807, 2.05) is 0 Å². The molecule has 2 bridgehead atoms. The largest absolute Gasteiger partial charge is 0.465 e. The molecule has 3 atom stereocenters. The van der Waals surface area contributed by atoms with Crippen LogP contribution in [0.2, 0.25) is 0 Å². The molecule has 0 heterocycles. The van der Waals surface area contributed by atoms with E-state index in [-0.39, 0.29) is 11.8 Å². The summed E-state index contributed by atoms with van der Waals surface area (Å²) in [6.07, 6.45) is 4.54. The summed E-state index contributed by atoms with van der Waals surface area (Å²) in [5.74, 6) is 0.746. The minimum atomic E-state index is -3.35. The van der Waals surface area contributed by atoms with E-state index in [9.17, 15) is 13.2 Å². The Morgan fingerprint density at radius 1 is 1.23 bits per heavy atom. The first-order valence-corrected chi connectivity index (χ1v) is 9.29. The third kappa shape index (κ3) is 3.33. The normalized spacial score (nSPS) is 27.0. The molecule has 2 aliphatic rings. The van der Waals surface area contributed by atoms with Gasteiger partial charge in [-0.3, -0.25) is 0 Å². The fraction of sp³-hybridized carbons (Fsp3) is 0.562. The zero-order valence-electron chi connectivity index (χ0n) is 12.6. The van der Waals surface area contributed by atoms with Gasteiger partial charge >= 0.3 is 5.97 Å². The van der Waals surface area contributed by atoms with Gasteiger partial charge in [0.05, 0.1) is 18.4 Å². The topological polar surface area (TPSA) is 72.5 Å². The molecule has 120 valence electrons. The number of carbonyl (C=O) groups is 1. The first kappa shape index (κ1) is 15.5. The molecule has 22 heavy (non-hydrogen) atoms. The summed E-state index contributed by atoms with van der Waals surface area (Å²) in [5, 5.41) is 0. The van der Waals surface area contributed by atoms with Gasteiger partial charge in [-0.15, -0.1) is 0 Å². The van der Waals surface area contributed by atoms with Crippen molar-refractivity contribution in [2.45, 2.75) is 37.5 Å². The van der Waals surface area contributed by atoms with E-state index in [2.05, 4.69) is 9.46 Å². The van der Waals surface area contributed by atoms with Gasteiger partial charge in [-0.25, -0.2) is 17.9 Å². The summed E-state index contributed by atoms with van der Waals surface area (Å²) in [6, 6.07) is 6.61. The van der Waals surface area contributed by atoms with Crippen LogP contribution in [0.25, 0.3) is 0 Å². The standard InChI is InChI=1S/C16H21NO4S/c1-21-16(18)13-5-2-11(3-6-13)10-22(19,20)17-15-9-12-4-7-14(15)8-12/h2-3,5-6,12,14-15,17H,4,7-10H2,1H3/t12-,14-,15-/m0/s1. The third-order valence-electron chi connectivity index (χ3n) is 4.80. The van der Waals surface area contributed by atoms with Crippen molar-refractivity contribution in [3.63, 3.8) is 0 Å². The number of nitrogens with one attached hydrogen (secondary N) is 1. The lowest BCUT2D eigenvalue weighted by Crippen LogP contribution is -2.39. The highest BCUT2D eigenvalue weighted by molar-refractivity contribution is 7.88. The number of benzene rings is 1. The minimum Gasteiger partial charge on any atom is -0.465 e. The molecule has 6 heteroatoms. The molecule has 0 aliphatic heterocycles. The maximum Gasteiger partial charge on any atom is 0.337 e. The summed E-state index contributed by atoms with van der Waals surface area (Å²) in [7, 11) is -2.03. The molecule has 0 unspecified atom stereocenters. The second-order valence-electron chi connectivity index (χ2n) is 6.35. The summed E-state index contributed by atoms with van der Waals surface area (Å²) in [6.45, 7) is 0. The van der Waals surface area contributed by atoms with Gasteiger partial charge in [0.2, 0.25) is 10.0 Å². The molecule has 0 aromatic heterocycles. The summed E-state index contributed by atoms with van der Waals surface area (Å²) in [5.41, 5.74) is 1.09. The number of methoxy groups -OCH3 is 1. The zero-order valence-corrected chi connectivity index (χ0v) is 13.4. The van der Waals surface area contributed by atoms with Crippen LogP contribution in [0.3, 0.4) is 0 Å². The lowest BCUT2D eigenvalue weighted by atomic mass is 9.96. The van der Waals surface area contributed by atoms with E-state index in [1.54, 1.807) is 24.3 Å². The summed E-state index contributed by atoms with van der Waals surface area (Å²) in [4.78, 5) is 11.4. The monoisotopic (exact) mass is 323 g/mol. The van der Waals surface area contributed by atoms with E-state index in [0.717, 1.165) is 12.8 Å². The van der Waals surface area contributed by atoms with Crippen LogP contribution in [0, 0.1) is 11.8 Å². The van der Waals surface area contributed by atoms with E-state index >= 15 is 0 Å². The molecule has 2 saturated carbocycles. The highest BCUT2D eigenvalue weighted by Crippen LogP contribution is 2.44. The number of carbonyl (C=O) groups excluding carboxylic acids is 1. The summed E-state index contributed by atoms with van der Waals surface area (Å²) < 4.78 is 32.1. The molecule has 1 aromatic rings. The second-order valence-corrected chi connectivity index (χ2v) is 8.10. The SMILES string of the molecule is COC(=O)c1ccc(CS(=O)(=O)N[C@H]2C[C@H]3CC[C@H]2C3)cc1. The molecule has 2 fully saturated rings. The zero-order chi connectivity index (χ0) is 15.7. The van der Waals surface area contributed by atoms with Crippen LogP contribution in [0.4, 0.5) is 0 Å². The number of esters is 1. The van der Waals surface area contributed by atoms with Crippen LogP contribution in [-0.4, -0.2) is 27.5 Å². The van der Waals surface area contributed by atoms with Gasteiger partial charge in [-0.1, -0.05) is 18.6 Å². The minimum absolute atomic E-state index is 0.0532. The Kier molecular flexibility index (Phi) is 4.23. The van der Waals surface area contributed by atoms with Crippen LogP contribution in [-0.2, 0) is 20.5 Å². The van der Waals surface area contributed by atoms with Crippen molar-refractivity contribution in [1.82, 2.24) is 4.72 Å². The Labute approximate surface area is 131 Å². The maximum atomic E-state index is 12.3. The van der Waals surface area contributed by atoms with Crippen molar-refractivity contribution in [2.75, 3.05) is 7.11 Å². The van der Waals surface area contributed by atoms with Gasteiger partial charge in [0.25, 0.3) is 0 Å². The van der Waals surface area contributed by atoms with E-state index in [4.69, 9.17) is 0 Å². The molecule has 0 spiro atoms. The Bertz CT molecular complexity index is 653. The van der Waals surface area contributed by atoms with Crippen molar-refractivity contribution in [3.05, 3.63) is 35.4 Å². The number of hydrogen-bond acceptors (Lipinski definition) is 4. The fourth-order valence-electron chi connectivity index (χ4n) is 3.74. The fourth-order valence-corrected chi connectivity index (χ4v) is 5.20. The van der Waals surface area contributed by atoms with Gasteiger partial charge in [0.1, 0.15) is 0 Å². The van der Waals surface area contributed by atoms with Crippen molar-refractivity contribution in [3.8, 4) is 0 Å². The number of fused-ring (bicyclic) bond motifs is 2. The van der Waals surface area contributed by atoms with Crippen LogP contribution in [0.15, 0.2) is 24.3 Å². The first-order valence-electron chi connectivity index (χ1n) is 7.64. The quantitative estimate of drug-likeness (QED) is 0.842. The van der Waals surface area contributed by atoms with Crippen LogP contribution in [0.1, 0.15) is 41.6 Å². The highest BCUT2D eigenvalue weighted by Gasteiger charge is 2.41. The first-order chi connectivity index (χ1) is 10.5. The average molecular weight is 323 g/mol.